The van der Waals surface area contributed by atoms with E-state index in [0.717, 1.165) is 11.1 Å². The molecule has 0 spiro atoms. The number of hydrogen-bond donors (Lipinski definition) is 2. The number of hydrazine groups is 1. The molecule has 0 radical (unpaired) electrons. The van der Waals surface area contributed by atoms with E-state index in [-0.39, 0.29) is 5.82 Å². The Kier molecular flexibility index (Phi) is 4.84. The van der Waals surface area contributed by atoms with Crippen molar-refractivity contribution >= 4 is 9.84 Å². The molecule has 0 aromatic heterocycles. The highest BCUT2D eigenvalue weighted by Crippen LogP contribution is 2.15. The number of hydrogen-bond acceptors (Lipinski definition) is 4. The van der Waals surface area contributed by atoms with E-state index in [4.69, 9.17) is 5.84 Å². The molecular formula is C12H19FN2O2S. The predicted octanol–water partition coefficient (Wildman–Crippen LogP) is 0.942. The second kappa shape index (κ2) is 5.77. The third-order valence-electron chi connectivity index (χ3n) is 3.20. The van der Waals surface area contributed by atoms with Gasteiger partial charge in [-0.2, -0.15) is 0 Å². The molecule has 3 N–H and O–H groups in total. The molecule has 4 nitrogen and oxygen atoms in total. The Balaban J connectivity index is 2.93. The Hall–Kier alpha value is -0.980. The van der Waals surface area contributed by atoms with Gasteiger partial charge in [-0.3, -0.25) is 11.3 Å². The Morgan fingerprint density at radius 1 is 1.44 bits per heavy atom. The van der Waals surface area contributed by atoms with E-state index in [9.17, 15) is 12.8 Å². The van der Waals surface area contributed by atoms with E-state index < -0.39 is 21.1 Å². The monoisotopic (exact) mass is 274 g/mol. The molecule has 18 heavy (non-hydrogen) atoms. The van der Waals surface area contributed by atoms with E-state index in [1.165, 1.54) is 18.4 Å². The third kappa shape index (κ3) is 3.76. The van der Waals surface area contributed by atoms with E-state index >= 15 is 0 Å². The number of rotatable bonds is 5. The second-order valence-corrected chi connectivity index (χ2v) is 6.99. The zero-order chi connectivity index (χ0) is 13.9. The Morgan fingerprint density at radius 2 is 2.06 bits per heavy atom. The molecule has 2 atom stereocenters. The van der Waals surface area contributed by atoms with Crippen LogP contribution in [0.25, 0.3) is 0 Å². The molecule has 1 rings (SSSR count). The number of nitrogens with two attached hydrogens (primary N) is 1. The van der Waals surface area contributed by atoms with Crippen molar-refractivity contribution in [1.29, 1.82) is 0 Å². The van der Waals surface area contributed by atoms with E-state index in [1.807, 2.05) is 0 Å². The average Bonchev–Trinajstić information content (AvgIpc) is 2.26. The fourth-order valence-electron chi connectivity index (χ4n) is 1.78. The second-order valence-electron chi connectivity index (χ2n) is 4.58. The van der Waals surface area contributed by atoms with Gasteiger partial charge in [-0.15, -0.1) is 0 Å². The Morgan fingerprint density at radius 3 is 2.50 bits per heavy atom. The van der Waals surface area contributed by atoms with Gasteiger partial charge in [0.1, 0.15) is 5.82 Å². The summed E-state index contributed by atoms with van der Waals surface area (Å²) in [5.41, 5.74) is 4.20. The minimum absolute atomic E-state index is 0.301. The van der Waals surface area contributed by atoms with Crippen LogP contribution in [0.1, 0.15) is 18.1 Å². The van der Waals surface area contributed by atoms with Gasteiger partial charge in [0, 0.05) is 12.3 Å². The summed E-state index contributed by atoms with van der Waals surface area (Å²) in [6.07, 6.45) is 1.62. The lowest BCUT2D eigenvalue weighted by Gasteiger charge is -2.22. The van der Waals surface area contributed by atoms with Crippen molar-refractivity contribution in [2.24, 2.45) is 5.84 Å². The van der Waals surface area contributed by atoms with Gasteiger partial charge in [-0.1, -0.05) is 6.07 Å². The van der Waals surface area contributed by atoms with Crippen LogP contribution in [0.15, 0.2) is 18.2 Å². The maximum absolute atomic E-state index is 13.0. The zero-order valence-corrected chi connectivity index (χ0v) is 11.6. The van der Waals surface area contributed by atoms with Crippen LogP contribution in [0.5, 0.6) is 0 Å². The van der Waals surface area contributed by atoms with Gasteiger partial charge in [0.25, 0.3) is 0 Å². The first-order chi connectivity index (χ1) is 8.25. The molecule has 0 fully saturated rings. The molecule has 1 aromatic carbocycles. The minimum atomic E-state index is -3.17. The predicted molar refractivity (Wildman–Crippen MR) is 70.3 cm³/mol. The van der Waals surface area contributed by atoms with Crippen LogP contribution in [0, 0.1) is 12.7 Å². The van der Waals surface area contributed by atoms with Crippen molar-refractivity contribution in [3.8, 4) is 0 Å². The summed E-state index contributed by atoms with van der Waals surface area (Å²) < 4.78 is 36.0. The highest BCUT2D eigenvalue weighted by Gasteiger charge is 2.25. The smallest absolute Gasteiger partial charge is 0.151 e. The van der Waals surface area contributed by atoms with Crippen LogP contribution in [0.3, 0.4) is 0 Å². The van der Waals surface area contributed by atoms with Crippen molar-refractivity contribution in [1.82, 2.24) is 5.43 Å². The number of sulfone groups is 1. The van der Waals surface area contributed by atoms with Crippen molar-refractivity contribution in [3.63, 3.8) is 0 Å². The van der Waals surface area contributed by atoms with Gasteiger partial charge in [0.15, 0.2) is 9.84 Å². The molecular weight excluding hydrogens is 255 g/mol. The van der Waals surface area contributed by atoms with Gasteiger partial charge in [0.05, 0.1) is 5.25 Å². The maximum Gasteiger partial charge on any atom is 0.151 e. The zero-order valence-electron chi connectivity index (χ0n) is 10.8. The minimum Gasteiger partial charge on any atom is -0.271 e. The molecule has 1 aromatic rings. The van der Waals surface area contributed by atoms with Crippen LogP contribution in [0.4, 0.5) is 4.39 Å². The first-order valence-electron chi connectivity index (χ1n) is 5.65. The van der Waals surface area contributed by atoms with Crippen LogP contribution < -0.4 is 11.3 Å². The number of benzene rings is 1. The SMILES string of the molecule is Cc1cc(F)ccc1CC(NN)C(C)S(C)(=O)=O. The summed E-state index contributed by atoms with van der Waals surface area (Å²) in [7, 11) is -3.17. The maximum atomic E-state index is 13.0. The fourth-order valence-corrected chi connectivity index (χ4v) is 2.56. The molecule has 0 heterocycles. The summed E-state index contributed by atoms with van der Waals surface area (Å²) in [5.74, 6) is 5.11. The van der Waals surface area contributed by atoms with Crippen molar-refractivity contribution in [3.05, 3.63) is 35.1 Å². The van der Waals surface area contributed by atoms with E-state index in [2.05, 4.69) is 5.43 Å². The Labute approximate surface area is 107 Å². The molecule has 102 valence electrons. The van der Waals surface area contributed by atoms with Gasteiger partial charge in [-0.05, 0) is 43.5 Å². The normalized spacial score (nSPS) is 15.4. The summed E-state index contributed by atoms with van der Waals surface area (Å²) in [6, 6.07) is 4.04. The fraction of sp³-hybridized carbons (Fsp3) is 0.500. The van der Waals surface area contributed by atoms with Gasteiger partial charge >= 0.3 is 0 Å². The number of nitrogens with one attached hydrogen (secondary N) is 1. The lowest BCUT2D eigenvalue weighted by molar-refractivity contribution is 0.493. The average molecular weight is 274 g/mol. The Bertz CT molecular complexity index is 517. The molecule has 0 amide bonds. The van der Waals surface area contributed by atoms with Gasteiger partial charge in [0.2, 0.25) is 0 Å². The highest BCUT2D eigenvalue weighted by molar-refractivity contribution is 7.91. The molecule has 2 unspecified atom stereocenters. The largest absolute Gasteiger partial charge is 0.271 e. The highest BCUT2D eigenvalue weighted by atomic mass is 32.2. The molecule has 0 aliphatic rings. The molecule has 6 heteroatoms. The lowest BCUT2D eigenvalue weighted by atomic mass is 10.00. The topological polar surface area (TPSA) is 72.2 Å². The van der Waals surface area contributed by atoms with Crippen LogP contribution in [-0.4, -0.2) is 26.0 Å². The first-order valence-corrected chi connectivity index (χ1v) is 7.61. The molecule has 0 aliphatic carbocycles. The quantitative estimate of drug-likeness (QED) is 0.619. The summed E-state index contributed by atoms with van der Waals surface area (Å²) in [4.78, 5) is 0. The van der Waals surface area contributed by atoms with Crippen LogP contribution in [-0.2, 0) is 16.3 Å². The van der Waals surface area contributed by atoms with Crippen LogP contribution >= 0.6 is 0 Å². The standard InChI is InChI=1S/C12H19FN2O2S/c1-8-6-11(13)5-4-10(8)7-12(15-14)9(2)18(3,16)17/h4-6,9,12,15H,7,14H2,1-3H3. The molecule has 0 saturated carbocycles. The lowest BCUT2D eigenvalue weighted by Crippen LogP contribution is -2.47. The summed E-state index contributed by atoms with van der Waals surface area (Å²) in [5, 5.41) is -0.605. The van der Waals surface area contributed by atoms with Gasteiger partial charge in [-0.25, -0.2) is 12.8 Å². The van der Waals surface area contributed by atoms with Crippen molar-refractivity contribution in [2.75, 3.05) is 6.26 Å². The van der Waals surface area contributed by atoms with E-state index in [0.29, 0.717) is 6.42 Å². The van der Waals surface area contributed by atoms with Crippen molar-refractivity contribution < 1.29 is 12.8 Å². The molecule has 0 aliphatic heterocycles. The van der Waals surface area contributed by atoms with Gasteiger partial charge < -0.3 is 0 Å². The summed E-state index contributed by atoms with van der Waals surface area (Å²) in [6.45, 7) is 3.40. The molecule has 0 saturated heterocycles. The summed E-state index contributed by atoms with van der Waals surface area (Å²) >= 11 is 0. The van der Waals surface area contributed by atoms with Crippen molar-refractivity contribution in [2.45, 2.75) is 31.6 Å². The number of halogens is 1. The molecule has 0 bridgehead atoms. The van der Waals surface area contributed by atoms with Crippen LogP contribution in [0.2, 0.25) is 0 Å². The van der Waals surface area contributed by atoms with E-state index in [1.54, 1.807) is 19.9 Å². The number of aryl methyl sites for hydroxylation is 1. The first kappa shape index (κ1) is 15.1. The third-order valence-corrected chi connectivity index (χ3v) is 4.88.